The number of halogens is 1. The Morgan fingerprint density at radius 1 is 1.50 bits per heavy atom. The first-order valence-corrected chi connectivity index (χ1v) is 5.11. The molecule has 2 rings (SSSR count). The summed E-state index contributed by atoms with van der Waals surface area (Å²) in [6.45, 7) is 0. The van der Waals surface area contributed by atoms with Crippen LogP contribution >= 0.6 is 11.6 Å². The van der Waals surface area contributed by atoms with E-state index < -0.39 is 0 Å². The molecule has 1 aromatic heterocycles. The summed E-state index contributed by atoms with van der Waals surface area (Å²) in [5.41, 5.74) is 1.89. The number of nitrogens with one attached hydrogen (secondary N) is 1. The molecule has 0 bridgehead atoms. The van der Waals surface area contributed by atoms with E-state index in [0.717, 1.165) is 16.5 Å². The van der Waals surface area contributed by atoms with Gasteiger partial charge in [-0.05, 0) is 24.3 Å². The zero-order chi connectivity index (χ0) is 11.5. The van der Waals surface area contributed by atoms with Crippen LogP contribution < -0.4 is 0 Å². The minimum Gasteiger partial charge on any atom is -0.466 e. The third-order valence-electron chi connectivity index (χ3n) is 2.28. The average Bonchev–Trinajstić information content (AvgIpc) is 2.68. The second kappa shape index (κ2) is 4.41. The first-order chi connectivity index (χ1) is 7.70. The summed E-state index contributed by atoms with van der Waals surface area (Å²) in [6.07, 6.45) is 4.89. The molecule has 0 aliphatic rings. The highest BCUT2D eigenvalue weighted by Gasteiger charge is 2.02. The van der Waals surface area contributed by atoms with Gasteiger partial charge in [0.1, 0.15) is 0 Å². The normalized spacial score (nSPS) is 11.1. The van der Waals surface area contributed by atoms with Crippen LogP contribution in [0.15, 0.2) is 30.5 Å². The van der Waals surface area contributed by atoms with Crippen molar-refractivity contribution in [3.8, 4) is 0 Å². The highest BCUT2D eigenvalue weighted by atomic mass is 35.5. The number of esters is 1. The predicted octanol–water partition coefficient (Wildman–Crippen LogP) is 3.01. The number of carbonyl (C=O) groups is 1. The van der Waals surface area contributed by atoms with Crippen LogP contribution in [0.4, 0.5) is 0 Å². The summed E-state index contributed by atoms with van der Waals surface area (Å²) < 4.78 is 4.52. The predicted molar refractivity (Wildman–Crippen MR) is 64.4 cm³/mol. The number of aromatic nitrogens is 1. The fourth-order valence-electron chi connectivity index (χ4n) is 1.48. The number of rotatable bonds is 2. The van der Waals surface area contributed by atoms with Gasteiger partial charge in [0.05, 0.1) is 7.11 Å². The van der Waals surface area contributed by atoms with Gasteiger partial charge in [-0.1, -0.05) is 11.6 Å². The molecule has 4 heteroatoms. The number of benzene rings is 1. The standard InChI is InChI=1S/C12H10ClNO2/c1-16-12(15)5-2-8-7-14-11-4-3-9(13)6-10(8)11/h2-7,14H,1H3/b5-2+. The number of aromatic amines is 1. The highest BCUT2D eigenvalue weighted by Crippen LogP contribution is 2.23. The molecule has 0 unspecified atom stereocenters. The van der Waals surface area contributed by atoms with Crippen molar-refractivity contribution in [3.63, 3.8) is 0 Å². The summed E-state index contributed by atoms with van der Waals surface area (Å²) in [5.74, 6) is -0.378. The van der Waals surface area contributed by atoms with Crippen LogP contribution in [0.3, 0.4) is 0 Å². The molecule has 0 aliphatic heterocycles. The van der Waals surface area contributed by atoms with Crippen molar-refractivity contribution in [2.75, 3.05) is 7.11 Å². The van der Waals surface area contributed by atoms with Crippen LogP contribution in [0.1, 0.15) is 5.56 Å². The van der Waals surface area contributed by atoms with Crippen molar-refractivity contribution in [2.24, 2.45) is 0 Å². The number of H-pyrrole nitrogens is 1. The number of methoxy groups -OCH3 is 1. The van der Waals surface area contributed by atoms with Crippen LogP contribution in [0, 0.1) is 0 Å². The van der Waals surface area contributed by atoms with Gasteiger partial charge in [0.2, 0.25) is 0 Å². The van der Waals surface area contributed by atoms with Crippen LogP contribution in [-0.4, -0.2) is 18.1 Å². The lowest BCUT2D eigenvalue weighted by atomic mass is 10.1. The van der Waals surface area contributed by atoms with E-state index in [-0.39, 0.29) is 5.97 Å². The van der Waals surface area contributed by atoms with Crippen LogP contribution in [0.25, 0.3) is 17.0 Å². The van der Waals surface area contributed by atoms with E-state index in [2.05, 4.69) is 9.72 Å². The topological polar surface area (TPSA) is 42.1 Å². The van der Waals surface area contributed by atoms with Crippen LogP contribution in [-0.2, 0) is 9.53 Å². The lowest BCUT2D eigenvalue weighted by molar-refractivity contribution is -0.134. The van der Waals surface area contributed by atoms with Crippen molar-refractivity contribution >= 4 is 34.5 Å². The Balaban J connectivity index is 2.41. The molecular formula is C12H10ClNO2. The van der Waals surface area contributed by atoms with Gasteiger partial charge in [-0.15, -0.1) is 0 Å². The number of carbonyl (C=O) groups excluding carboxylic acids is 1. The molecule has 82 valence electrons. The maximum atomic E-state index is 11.0. The fourth-order valence-corrected chi connectivity index (χ4v) is 1.65. The van der Waals surface area contributed by atoms with Gasteiger partial charge in [0, 0.05) is 33.8 Å². The lowest BCUT2D eigenvalue weighted by Crippen LogP contribution is -1.92. The van der Waals surface area contributed by atoms with Gasteiger partial charge in [-0.2, -0.15) is 0 Å². The second-order valence-electron chi connectivity index (χ2n) is 3.29. The quantitative estimate of drug-likeness (QED) is 0.642. The summed E-state index contributed by atoms with van der Waals surface area (Å²) in [5, 5.41) is 1.65. The van der Waals surface area contributed by atoms with E-state index in [1.54, 1.807) is 6.08 Å². The van der Waals surface area contributed by atoms with Gasteiger partial charge in [-0.25, -0.2) is 4.79 Å². The smallest absolute Gasteiger partial charge is 0.330 e. The molecule has 0 saturated heterocycles. The molecular weight excluding hydrogens is 226 g/mol. The van der Waals surface area contributed by atoms with Gasteiger partial charge >= 0.3 is 5.97 Å². The Bertz CT molecular complexity index is 557. The monoisotopic (exact) mass is 235 g/mol. The minimum atomic E-state index is -0.378. The maximum absolute atomic E-state index is 11.0. The molecule has 1 N–H and O–H groups in total. The molecule has 0 spiro atoms. The summed E-state index contributed by atoms with van der Waals surface area (Å²) in [6, 6.07) is 5.56. The molecule has 1 heterocycles. The summed E-state index contributed by atoms with van der Waals surface area (Å²) in [7, 11) is 1.35. The molecule has 0 radical (unpaired) electrons. The molecule has 0 fully saturated rings. The molecule has 2 aromatic rings. The second-order valence-corrected chi connectivity index (χ2v) is 3.73. The van der Waals surface area contributed by atoms with E-state index in [4.69, 9.17) is 11.6 Å². The number of ether oxygens (including phenoxy) is 1. The zero-order valence-corrected chi connectivity index (χ0v) is 9.41. The Kier molecular flexibility index (Phi) is 2.97. The molecule has 0 atom stereocenters. The molecule has 0 aliphatic carbocycles. The number of fused-ring (bicyclic) bond motifs is 1. The van der Waals surface area contributed by atoms with Crippen molar-refractivity contribution in [3.05, 3.63) is 41.1 Å². The molecule has 16 heavy (non-hydrogen) atoms. The largest absolute Gasteiger partial charge is 0.466 e. The van der Waals surface area contributed by atoms with Crippen molar-refractivity contribution < 1.29 is 9.53 Å². The Hall–Kier alpha value is -1.74. The van der Waals surface area contributed by atoms with Gasteiger partial charge in [0.25, 0.3) is 0 Å². The van der Waals surface area contributed by atoms with Gasteiger partial charge < -0.3 is 9.72 Å². The van der Waals surface area contributed by atoms with E-state index in [9.17, 15) is 4.79 Å². The maximum Gasteiger partial charge on any atom is 0.330 e. The number of hydrogen-bond acceptors (Lipinski definition) is 2. The molecule has 0 amide bonds. The van der Waals surface area contributed by atoms with Crippen LogP contribution in [0.2, 0.25) is 5.02 Å². The van der Waals surface area contributed by atoms with Crippen molar-refractivity contribution in [1.29, 1.82) is 0 Å². The third-order valence-corrected chi connectivity index (χ3v) is 2.51. The minimum absolute atomic E-state index is 0.378. The first-order valence-electron chi connectivity index (χ1n) is 4.73. The Morgan fingerprint density at radius 2 is 2.31 bits per heavy atom. The molecule has 3 nitrogen and oxygen atoms in total. The fraction of sp³-hybridized carbons (Fsp3) is 0.0833. The van der Waals surface area contributed by atoms with Gasteiger partial charge in [0.15, 0.2) is 0 Å². The van der Waals surface area contributed by atoms with Gasteiger partial charge in [-0.3, -0.25) is 0 Å². The van der Waals surface area contributed by atoms with E-state index in [1.807, 2.05) is 24.4 Å². The van der Waals surface area contributed by atoms with E-state index >= 15 is 0 Å². The van der Waals surface area contributed by atoms with Crippen molar-refractivity contribution in [1.82, 2.24) is 4.98 Å². The SMILES string of the molecule is COC(=O)/C=C/c1c[nH]c2ccc(Cl)cc12. The molecule has 1 aromatic carbocycles. The Morgan fingerprint density at radius 3 is 3.06 bits per heavy atom. The lowest BCUT2D eigenvalue weighted by Gasteiger charge is -1.93. The van der Waals surface area contributed by atoms with E-state index in [0.29, 0.717) is 5.02 Å². The third kappa shape index (κ3) is 2.09. The van der Waals surface area contributed by atoms with Crippen molar-refractivity contribution in [2.45, 2.75) is 0 Å². The first kappa shape index (κ1) is 10.8. The average molecular weight is 236 g/mol. The zero-order valence-electron chi connectivity index (χ0n) is 8.66. The Labute approximate surface area is 97.7 Å². The number of hydrogen-bond donors (Lipinski definition) is 1. The summed E-state index contributed by atoms with van der Waals surface area (Å²) in [4.78, 5) is 14.1. The van der Waals surface area contributed by atoms with Crippen LogP contribution in [0.5, 0.6) is 0 Å². The van der Waals surface area contributed by atoms with E-state index in [1.165, 1.54) is 13.2 Å². The summed E-state index contributed by atoms with van der Waals surface area (Å²) >= 11 is 5.91. The molecule has 0 saturated carbocycles. The highest BCUT2D eigenvalue weighted by molar-refractivity contribution is 6.31.